The molecule has 0 aliphatic heterocycles. The predicted molar refractivity (Wildman–Crippen MR) is 66.2 cm³/mol. The van der Waals surface area contributed by atoms with Gasteiger partial charge in [0.05, 0.1) is 5.54 Å². The van der Waals surface area contributed by atoms with Gasteiger partial charge in [0, 0.05) is 6.54 Å². The Morgan fingerprint density at radius 1 is 1.44 bits per heavy atom. The fourth-order valence-corrected chi connectivity index (χ4v) is 1.42. The fourth-order valence-electron chi connectivity index (χ4n) is 1.42. The Hall–Kier alpha value is -1.35. The molecule has 0 aliphatic carbocycles. The highest BCUT2D eigenvalue weighted by atomic mass is 16.2. The van der Waals surface area contributed by atoms with Gasteiger partial charge in [0.2, 0.25) is 5.91 Å². The number of carbonyl (C=O) groups excluding carboxylic acids is 1. The molecule has 0 fully saturated rings. The van der Waals surface area contributed by atoms with Crippen molar-refractivity contribution < 1.29 is 4.79 Å². The van der Waals surface area contributed by atoms with Crippen molar-refractivity contribution in [3.05, 3.63) is 35.4 Å². The van der Waals surface area contributed by atoms with E-state index in [-0.39, 0.29) is 5.91 Å². The van der Waals surface area contributed by atoms with Gasteiger partial charge in [-0.1, -0.05) is 29.8 Å². The Kier molecular flexibility index (Phi) is 4.07. The minimum atomic E-state index is -0.799. The second-order valence-electron chi connectivity index (χ2n) is 4.72. The molecule has 1 aromatic rings. The highest BCUT2D eigenvalue weighted by Gasteiger charge is 2.20. The first-order chi connectivity index (χ1) is 7.39. The maximum absolute atomic E-state index is 11.5. The summed E-state index contributed by atoms with van der Waals surface area (Å²) in [6.45, 7) is 6.10. The molecule has 0 radical (unpaired) electrons. The van der Waals surface area contributed by atoms with Crippen LogP contribution < -0.4 is 11.1 Å². The molecule has 0 spiro atoms. The zero-order valence-electron chi connectivity index (χ0n) is 10.2. The van der Waals surface area contributed by atoms with Crippen molar-refractivity contribution in [2.24, 2.45) is 5.73 Å². The quantitative estimate of drug-likeness (QED) is 0.805. The van der Waals surface area contributed by atoms with Crippen molar-refractivity contribution in [1.29, 1.82) is 0 Å². The Labute approximate surface area is 97.0 Å². The number of aryl methyl sites for hydroxylation is 1. The third kappa shape index (κ3) is 4.03. The molecule has 88 valence electrons. The average Bonchev–Trinajstić information content (AvgIpc) is 2.16. The van der Waals surface area contributed by atoms with Crippen LogP contribution >= 0.6 is 0 Å². The third-order valence-corrected chi connectivity index (χ3v) is 2.37. The van der Waals surface area contributed by atoms with Gasteiger partial charge in [0.1, 0.15) is 0 Å². The van der Waals surface area contributed by atoms with Crippen LogP contribution in [0.4, 0.5) is 0 Å². The van der Waals surface area contributed by atoms with E-state index in [1.807, 2.05) is 6.07 Å². The highest BCUT2D eigenvalue weighted by Crippen LogP contribution is 2.04. The minimum absolute atomic E-state index is 0.111. The lowest BCUT2D eigenvalue weighted by molar-refractivity contribution is -0.125. The van der Waals surface area contributed by atoms with Crippen molar-refractivity contribution in [2.45, 2.75) is 32.7 Å². The smallest absolute Gasteiger partial charge is 0.239 e. The Balaban J connectivity index is 2.39. The average molecular weight is 220 g/mol. The Morgan fingerprint density at radius 2 is 2.12 bits per heavy atom. The molecule has 0 bridgehead atoms. The molecule has 1 rings (SSSR count). The molecule has 0 saturated heterocycles. The molecule has 0 atom stereocenters. The fraction of sp³-hybridized carbons (Fsp3) is 0.462. The Morgan fingerprint density at radius 3 is 2.69 bits per heavy atom. The lowest BCUT2D eigenvalue weighted by Gasteiger charge is -2.17. The van der Waals surface area contributed by atoms with Gasteiger partial charge < -0.3 is 11.1 Å². The molecule has 3 N–H and O–H groups in total. The largest absolute Gasteiger partial charge is 0.354 e. The summed E-state index contributed by atoms with van der Waals surface area (Å²) in [6, 6.07) is 8.27. The van der Waals surface area contributed by atoms with E-state index in [0.717, 1.165) is 6.42 Å². The SMILES string of the molecule is Cc1cccc(CCNC(=O)C(C)(C)N)c1. The number of nitrogens with one attached hydrogen (secondary N) is 1. The standard InChI is InChI=1S/C13H20N2O/c1-10-5-4-6-11(9-10)7-8-15-12(16)13(2,3)14/h4-6,9H,7-8,14H2,1-3H3,(H,15,16). The molecular formula is C13H20N2O. The van der Waals surface area contributed by atoms with E-state index in [9.17, 15) is 4.79 Å². The number of amides is 1. The highest BCUT2D eigenvalue weighted by molar-refractivity contribution is 5.84. The van der Waals surface area contributed by atoms with Crippen molar-refractivity contribution in [3.63, 3.8) is 0 Å². The topological polar surface area (TPSA) is 55.1 Å². The number of benzene rings is 1. The summed E-state index contributed by atoms with van der Waals surface area (Å²) >= 11 is 0. The van der Waals surface area contributed by atoms with Gasteiger partial charge in [0.15, 0.2) is 0 Å². The monoisotopic (exact) mass is 220 g/mol. The minimum Gasteiger partial charge on any atom is -0.354 e. The molecule has 0 aliphatic rings. The zero-order chi connectivity index (χ0) is 12.2. The molecule has 0 saturated carbocycles. The first-order valence-electron chi connectivity index (χ1n) is 5.52. The number of hydrogen-bond donors (Lipinski definition) is 2. The summed E-state index contributed by atoms with van der Waals surface area (Å²) in [5, 5.41) is 2.83. The van der Waals surface area contributed by atoms with E-state index < -0.39 is 5.54 Å². The lowest BCUT2D eigenvalue weighted by Crippen LogP contribution is -2.49. The molecule has 0 aromatic heterocycles. The summed E-state index contributed by atoms with van der Waals surface area (Å²) in [7, 11) is 0. The van der Waals surface area contributed by atoms with Gasteiger partial charge in [-0.05, 0) is 32.8 Å². The third-order valence-electron chi connectivity index (χ3n) is 2.37. The van der Waals surface area contributed by atoms with Crippen LogP contribution in [0.15, 0.2) is 24.3 Å². The van der Waals surface area contributed by atoms with Gasteiger partial charge >= 0.3 is 0 Å². The van der Waals surface area contributed by atoms with E-state index in [2.05, 4.69) is 30.4 Å². The first kappa shape index (κ1) is 12.7. The summed E-state index contributed by atoms with van der Waals surface area (Å²) in [6.07, 6.45) is 0.837. The van der Waals surface area contributed by atoms with E-state index >= 15 is 0 Å². The van der Waals surface area contributed by atoms with Crippen LogP contribution in [0.5, 0.6) is 0 Å². The summed E-state index contributed by atoms with van der Waals surface area (Å²) in [5.41, 5.74) is 7.34. The van der Waals surface area contributed by atoms with Gasteiger partial charge in [-0.25, -0.2) is 0 Å². The van der Waals surface area contributed by atoms with E-state index in [1.165, 1.54) is 11.1 Å². The molecule has 16 heavy (non-hydrogen) atoms. The predicted octanol–water partition coefficient (Wildman–Crippen LogP) is 1.39. The normalized spacial score (nSPS) is 11.2. The second-order valence-corrected chi connectivity index (χ2v) is 4.72. The van der Waals surface area contributed by atoms with Crippen molar-refractivity contribution >= 4 is 5.91 Å². The molecular weight excluding hydrogens is 200 g/mol. The van der Waals surface area contributed by atoms with Crippen LogP contribution in [-0.4, -0.2) is 18.0 Å². The number of carbonyl (C=O) groups is 1. The van der Waals surface area contributed by atoms with Gasteiger partial charge in [-0.15, -0.1) is 0 Å². The first-order valence-corrected chi connectivity index (χ1v) is 5.52. The summed E-state index contributed by atoms with van der Waals surface area (Å²) < 4.78 is 0. The molecule has 1 amide bonds. The van der Waals surface area contributed by atoms with Gasteiger partial charge in [-0.2, -0.15) is 0 Å². The lowest BCUT2D eigenvalue weighted by atomic mass is 10.1. The zero-order valence-corrected chi connectivity index (χ0v) is 10.2. The molecule has 1 aromatic carbocycles. The van der Waals surface area contributed by atoms with Crippen LogP contribution in [0, 0.1) is 6.92 Å². The number of hydrogen-bond acceptors (Lipinski definition) is 2. The van der Waals surface area contributed by atoms with Crippen molar-refractivity contribution in [1.82, 2.24) is 5.32 Å². The second kappa shape index (κ2) is 5.12. The van der Waals surface area contributed by atoms with Gasteiger partial charge in [0.25, 0.3) is 0 Å². The molecule has 0 unspecified atom stereocenters. The van der Waals surface area contributed by atoms with Crippen LogP contribution in [-0.2, 0) is 11.2 Å². The number of rotatable bonds is 4. The summed E-state index contributed by atoms with van der Waals surface area (Å²) in [5.74, 6) is -0.111. The summed E-state index contributed by atoms with van der Waals surface area (Å²) in [4.78, 5) is 11.5. The Bertz CT molecular complexity index is 366. The molecule has 3 heteroatoms. The van der Waals surface area contributed by atoms with Crippen LogP contribution in [0.3, 0.4) is 0 Å². The van der Waals surface area contributed by atoms with E-state index in [0.29, 0.717) is 6.54 Å². The molecule has 3 nitrogen and oxygen atoms in total. The van der Waals surface area contributed by atoms with Crippen molar-refractivity contribution in [3.8, 4) is 0 Å². The van der Waals surface area contributed by atoms with Crippen LogP contribution in [0.2, 0.25) is 0 Å². The number of nitrogens with two attached hydrogens (primary N) is 1. The maximum atomic E-state index is 11.5. The maximum Gasteiger partial charge on any atom is 0.239 e. The van der Waals surface area contributed by atoms with E-state index in [4.69, 9.17) is 5.73 Å². The van der Waals surface area contributed by atoms with Crippen LogP contribution in [0.1, 0.15) is 25.0 Å². The van der Waals surface area contributed by atoms with Gasteiger partial charge in [-0.3, -0.25) is 4.79 Å². The van der Waals surface area contributed by atoms with E-state index in [1.54, 1.807) is 13.8 Å². The molecule has 0 heterocycles. The van der Waals surface area contributed by atoms with Crippen molar-refractivity contribution in [2.75, 3.05) is 6.54 Å². The van der Waals surface area contributed by atoms with Crippen LogP contribution in [0.25, 0.3) is 0 Å².